The monoisotopic (exact) mass is 462 g/mol. The number of oxazole rings is 1. The van der Waals surface area contributed by atoms with Crippen LogP contribution in [0.4, 0.5) is 5.69 Å². The molecule has 170 valence electrons. The van der Waals surface area contributed by atoms with Crippen molar-refractivity contribution >= 4 is 34.3 Å². The number of nitrogens with one attached hydrogen (secondary N) is 1. The van der Waals surface area contributed by atoms with Crippen LogP contribution in [0.2, 0.25) is 5.02 Å². The van der Waals surface area contributed by atoms with Crippen LogP contribution in [0.1, 0.15) is 42.9 Å². The third kappa shape index (κ3) is 5.04. The van der Waals surface area contributed by atoms with Gasteiger partial charge in [0.25, 0.3) is 5.91 Å². The molecule has 0 spiro atoms. The molecule has 3 aromatic carbocycles. The smallest absolute Gasteiger partial charge is 0.262 e. The summed E-state index contributed by atoms with van der Waals surface area (Å²) in [6.45, 7) is 8.21. The van der Waals surface area contributed by atoms with Crippen molar-refractivity contribution in [2.45, 2.75) is 40.0 Å². The largest absolute Gasteiger partial charge is 0.483 e. The molecule has 1 N–H and O–H groups in total. The number of nitrogens with zero attached hydrogens (tertiary/aromatic N) is 1. The molecule has 0 saturated heterocycles. The molecule has 1 heterocycles. The van der Waals surface area contributed by atoms with Gasteiger partial charge in [-0.3, -0.25) is 4.79 Å². The Morgan fingerprint density at radius 1 is 1.15 bits per heavy atom. The molecular formula is C27H27ClN2O3. The molecule has 4 rings (SSSR count). The zero-order valence-corrected chi connectivity index (χ0v) is 20.0. The van der Waals surface area contributed by atoms with Gasteiger partial charge in [-0.2, -0.15) is 0 Å². The lowest BCUT2D eigenvalue weighted by Crippen LogP contribution is -2.20. The molecule has 0 aliphatic rings. The summed E-state index contributed by atoms with van der Waals surface area (Å²) in [6.07, 6.45) is 1.06. The van der Waals surface area contributed by atoms with Gasteiger partial charge in [-0.25, -0.2) is 4.98 Å². The van der Waals surface area contributed by atoms with Crippen molar-refractivity contribution in [2.24, 2.45) is 0 Å². The van der Waals surface area contributed by atoms with Gasteiger partial charge in [0, 0.05) is 5.56 Å². The van der Waals surface area contributed by atoms with E-state index in [2.05, 4.69) is 36.3 Å². The first-order valence-corrected chi connectivity index (χ1v) is 11.4. The molecule has 0 bridgehead atoms. The van der Waals surface area contributed by atoms with Crippen LogP contribution in [0.5, 0.6) is 5.75 Å². The molecule has 0 radical (unpaired) electrons. The minimum absolute atomic E-state index is 0.119. The first kappa shape index (κ1) is 22.9. The first-order valence-electron chi connectivity index (χ1n) is 11.0. The number of carbonyl (C=O) groups is 1. The van der Waals surface area contributed by atoms with Crippen molar-refractivity contribution in [3.05, 3.63) is 76.3 Å². The van der Waals surface area contributed by atoms with Crippen molar-refractivity contribution in [3.63, 3.8) is 0 Å². The maximum atomic E-state index is 12.5. The van der Waals surface area contributed by atoms with Gasteiger partial charge in [-0.05, 0) is 79.3 Å². The van der Waals surface area contributed by atoms with Crippen molar-refractivity contribution in [3.8, 4) is 17.2 Å². The van der Waals surface area contributed by atoms with Crippen molar-refractivity contribution in [1.82, 2.24) is 4.98 Å². The number of aryl methyl sites for hydroxylation is 1. The van der Waals surface area contributed by atoms with Crippen molar-refractivity contribution in [1.29, 1.82) is 0 Å². The highest BCUT2D eigenvalue weighted by molar-refractivity contribution is 6.33. The molecule has 1 atom stereocenters. The number of amides is 1. The van der Waals surface area contributed by atoms with Crippen molar-refractivity contribution in [2.75, 3.05) is 11.9 Å². The second-order valence-electron chi connectivity index (χ2n) is 8.28. The van der Waals surface area contributed by atoms with Crippen LogP contribution < -0.4 is 10.1 Å². The molecule has 0 aliphatic carbocycles. The van der Waals surface area contributed by atoms with E-state index in [1.807, 2.05) is 44.2 Å². The van der Waals surface area contributed by atoms with Crippen LogP contribution in [0.25, 0.3) is 22.6 Å². The Kier molecular flexibility index (Phi) is 6.70. The fourth-order valence-corrected chi connectivity index (χ4v) is 3.74. The summed E-state index contributed by atoms with van der Waals surface area (Å²) < 4.78 is 11.7. The Hall–Kier alpha value is -3.31. The standard InChI is InChI=1S/C27H27ClN2O3/c1-5-16(2)19-10-12-25-23(13-19)30-27(33-25)20-9-11-21(28)22(14-20)29-26(31)15-32-24-8-6-7-17(3)18(24)4/h6-14,16H,5,15H2,1-4H3,(H,29,31)/t16-/m1/s1. The third-order valence-electron chi connectivity index (χ3n) is 5.99. The highest BCUT2D eigenvalue weighted by Gasteiger charge is 2.14. The zero-order chi connectivity index (χ0) is 23.5. The number of benzene rings is 3. The van der Waals surface area contributed by atoms with Crippen LogP contribution in [0.3, 0.4) is 0 Å². The lowest BCUT2D eigenvalue weighted by molar-refractivity contribution is -0.118. The van der Waals surface area contributed by atoms with Crippen LogP contribution in [0.15, 0.2) is 59.0 Å². The van der Waals surface area contributed by atoms with Gasteiger partial charge >= 0.3 is 0 Å². The number of hydrogen-bond acceptors (Lipinski definition) is 4. The summed E-state index contributed by atoms with van der Waals surface area (Å²) in [7, 11) is 0. The summed E-state index contributed by atoms with van der Waals surface area (Å²) in [5.74, 6) is 1.32. The van der Waals surface area contributed by atoms with Crippen LogP contribution in [-0.2, 0) is 4.79 Å². The molecule has 33 heavy (non-hydrogen) atoms. The minimum Gasteiger partial charge on any atom is -0.483 e. The number of aromatic nitrogens is 1. The average Bonchev–Trinajstić information content (AvgIpc) is 3.24. The van der Waals surface area contributed by atoms with E-state index in [1.54, 1.807) is 12.1 Å². The Morgan fingerprint density at radius 2 is 1.97 bits per heavy atom. The molecule has 4 aromatic rings. The molecule has 0 fully saturated rings. The van der Waals surface area contributed by atoms with Gasteiger partial charge in [0.05, 0.1) is 10.7 Å². The number of anilines is 1. The second kappa shape index (κ2) is 9.67. The van der Waals surface area contributed by atoms with Gasteiger partial charge in [0.15, 0.2) is 12.2 Å². The first-order chi connectivity index (χ1) is 15.9. The van der Waals surface area contributed by atoms with E-state index >= 15 is 0 Å². The number of carbonyl (C=O) groups excluding carboxylic acids is 1. The normalized spacial score (nSPS) is 12.0. The molecule has 0 saturated carbocycles. The highest BCUT2D eigenvalue weighted by Crippen LogP contribution is 2.32. The summed E-state index contributed by atoms with van der Waals surface area (Å²) in [5, 5.41) is 3.25. The molecule has 0 aliphatic heterocycles. The number of fused-ring (bicyclic) bond motifs is 1. The van der Waals surface area contributed by atoms with Gasteiger partial charge in [0.1, 0.15) is 11.3 Å². The maximum absolute atomic E-state index is 12.5. The molecular weight excluding hydrogens is 436 g/mol. The maximum Gasteiger partial charge on any atom is 0.262 e. The molecule has 5 nitrogen and oxygen atoms in total. The number of rotatable bonds is 7. The predicted octanol–water partition coefficient (Wildman–Crippen LogP) is 7.30. The van der Waals surface area contributed by atoms with E-state index in [0.717, 1.165) is 34.2 Å². The lowest BCUT2D eigenvalue weighted by atomic mass is 9.98. The van der Waals surface area contributed by atoms with Gasteiger partial charge in [-0.15, -0.1) is 0 Å². The average molecular weight is 463 g/mol. The van der Waals surface area contributed by atoms with E-state index in [9.17, 15) is 4.79 Å². The third-order valence-corrected chi connectivity index (χ3v) is 6.32. The van der Waals surface area contributed by atoms with Gasteiger partial charge < -0.3 is 14.5 Å². The van der Waals surface area contributed by atoms with E-state index in [-0.39, 0.29) is 12.5 Å². The second-order valence-corrected chi connectivity index (χ2v) is 8.69. The van der Waals surface area contributed by atoms with E-state index in [4.69, 9.17) is 20.8 Å². The summed E-state index contributed by atoms with van der Waals surface area (Å²) in [4.78, 5) is 17.2. The molecule has 6 heteroatoms. The van der Waals surface area contributed by atoms with Gasteiger partial charge in [0.2, 0.25) is 5.89 Å². The Bertz CT molecular complexity index is 1310. The minimum atomic E-state index is -0.300. The molecule has 1 amide bonds. The van der Waals surface area contributed by atoms with Gasteiger partial charge in [-0.1, -0.05) is 43.6 Å². The number of hydrogen-bond donors (Lipinski definition) is 1. The van der Waals surface area contributed by atoms with E-state index in [0.29, 0.717) is 28.3 Å². The van der Waals surface area contributed by atoms with Crippen LogP contribution in [0, 0.1) is 13.8 Å². The summed E-state index contributed by atoms with van der Waals surface area (Å²) in [5.41, 5.74) is 6.09. The quantitative estimate of drug-likeness (QED) is 0.313. The molecule has 0 unspecified atom stereocenters. The van der Waals surface area contributed by atoms with Crippen molar-refractivity contribution < 1.29 is 13.9 Å². The lowest BCUT2D eigenvalue weighted by Gasteiger charge is -2.12. The summed E-state index contributed by atoms with van der Waals surface area (Å²) in [6, 6.07) is 17.2. The van der Waals surface area contributed by atoms with E-state index < -0.39 is 0 Å². The van der Waals surface area contributed by atoms with E-state index in [1.165, 1.54) is 5.56 Å². The molecule has 1 aromatic heterocycles. The fourth-order valence-electron chi connectivity index (χ4n) is 3.57. The number of ether oxygens (including phenoxy) is 1. The highest BCUT2D eigenvalue weighted by atomic mass is 35.5. The number of halogens is 1. The van der Waals surface area contributed by atoms with Crippen LogP contribution in [-0.4, -0.2) is 17.5 Å². The Labute approximate surface area is 198 Å². The SMILES string of the molecule is CC[C@@H](C)c1ccc2oc(-c3ccc(Cl)c(NC(=O)COc4cccc(C)c4C)c3)nc2c1. The summed E-state index contributed by atoms with van der Waals surface area (Å²) >= 11 is 6.33. The fraction of sp³-hybridized carbons (Fsp3) is 0.259. The Balaban J connectivity index is 1.51. The topological polar surface area (TPSA) is 64.4 Å². The zero-order valence-electron chi connectivity index (χ0n) is 19.2. The van der Waals surface area contributed by atoms with Crippen LogP contribution >= 0.6 is 11.6 Å². The predicted molar refractivity (Wildman–Crippen MR) is 133 cm³/mol. The Morgan fingerprint density at radius 3 is 2.76 bits per heavy atom.